The highest BCUT2D eigenvalue weighted by atomic mass is 35.5. The molecule has 0 unspecified atom stereocenters. The van der Waals surface area contributed by atoms with Gasteiger partial charge in [0.15, 0.2) is 11.6 Å². The van der Waals surface area contributed by atoms with Crippen LogP contribution in [0.4, 0.5) is 8.78 Å². The molecule has 2 heterocycles. The van der Waals surface area contributed by atoms with Gasteiger partial charge in [-0.05, 0) is 12.1 Å². The van der Waals surface area contributed by atoms with Crippen LogP contribution in [0.5, 0.6) is 5.88 Å². The molecule has 102 valence electrons. The van der Waals surface area contributed by atoms with E-state index in [-0.39, 0.29) is 16.6 Å². The molecule has 0 atom stereocenters. The van der Waals surface area contributed by atoms with Gasteiger partial charge in [-0.3, -0.25) is 0 Å². The zero-order chi connectivity index (χ0) is 14.3. The standard InChI is InChI=1S/C13H8ClF2N3O/c1-20-13-7-5-18-19(11(7)8(14)6-17-13)12-9(15)3-2-4-10(12)16/h2-6H,1H3. The Bertz CT molecular complexity index is 783. The number of halogens is 3. The van der Waals surface area contributed by atoms with Crippen molar-refractivity contribution in [3.05, 3.63) is 47.2 Å². The van der Waals surface area contributed by atoms with Crippen LogP contribution >= 0.6 is 11.6 Å². The SMILES string of the molecule is COc1ncc(Cl)c2c1cnn2-c1c(F)cccc1F. The lowest BCUT2D eigenvalue weighted by atomic mass is 10.2. The summed E-state index contributed by atoms with van der Waals surface area (Å²) < 4.78 is 33.9. The summed E-state index contributed by atoms with van der Waals surface area (Å²) in [7, 11) is 1.44. The van der Waals surface area contributed by atoms with Crippen molar-refractivity contribution in [1.29, 1.82) is 0 Å². The van der Waals surface area contributed by atoms with E-state index in [1.165, 1.54) is 25.6 Å². The smallest absolute Gasteiger partial charge is 0.224 e. The maximum atomic E-state index is 13.9. The normalized spacial score (nSPS) is 11.0. The summed E-state index contributed by atoms with van der Waals surface area (Å²) in [6.07, 6.45) is 2.75. The van der Waals surface area contributed by atoms with E-state index in [1.807, 2.05) is 0 Å². The molecule has 7 heteroatoms. The highest BCUT2D eigenvalue weighted by molar-refractivity contribution is 6.35. The molecule has 2 aromatic heterocycles. The van der Waals surface area contributed by atoms with Gasteiger partial charge in [0, 0.05) is 0 Å². The molecule has 20 heavy (non-hydrogen) atoms. The molecule has 0 aliphatic carbocycles. The maximum absolute atomic E-state index is 13.9. The third-order valence-electron chi connectivity index (χ3n) is 2.86. The van der Waals surface area contributed by atoms with Crippen LogP contribution in [0.1, 0.15) is 0 Å². The van der Waals surface area contributed by atoms with Gasteiger partial charge in [-0.25, -0.2) is 18.4 Å². The first kappa shape index (κ1) is 12.8. The lowest BCUT2D eigenvalue weighted by molar-refractivity contribution is 0.403. The first-order chi connectivity index (χ1) is 9.63. The zero-order valence-corrected chi connectivity index (χ0v) is 11.0. The van der Waals surface area contributed by atoms with Crippen LogP contribution in [-0.4, -0.2) is 21.9 Å². The Hall–Kier alpha value is -2.21. The van der Waals surface area contributed by atoms with Gasteiger partial charge >= 0.3 is 0 Å². The fraction of sp³-hybridized carbons (Fsp3) is 0.0769. The molecule has 0 saturated carbocycles. The minimum absolute atomic E-state index is 0.223. The van der Waals surface area contributed by atoms with Crippen molar-refractivity contribution in [1.82, 2.24) is 14.8 Å². The number of nitrogens with zero attached hydrogens (tertiary/aromatic N) is 3. The number of ether oxygens (including phenoxy) is 1. The molecule has 0 saturated heterocycles. The highest BCUT2D eigenvalue weighted by Gasteiger charge is 2.18. The number of methoxy groups -OCH3 is 1. The van der Waals surface area contributed by atoms with Crippen LogP contribution in [-0.2, 0) is 0 Å². The molecular weight excluding hydrogens is 288 g/mol. The second-order valence-corrected chi connectivity index (χ2v) is 4.41. The predicted octanol–water partition coefficient (Wildman–Crippen LogP) is 3.36. The highest BCUT2D eigenvalue weighted by Crippen LogP contribution is 2.31. The van der Waals surface area contributed by atoms with Crippen molar-refractivity contribution < 1.29 is 13.5 Å². The second kappa shape index (κ2) is 4.72. The molecule has 3 rings (SSSR count). The van der Waals surface area contributed by atoms with Gasteiger partial charge in [0.1, 0.15) is 5.69 Å². The largest absolute Gasteiger partial charge is 0.480 e. The minimum Gasteiger partial charge on any atom is -0.480 e. The molecule has 0 radical (unpaired) electrons. The molecule has 0 aliphatic heterocycles. The number of rotatable bonds is 2. The first-order valence-electron chi connectivity index (χ1n) is 5.64. The Kier molecular flexibility index (Phi) is 3.02. The summed E-state index contributed by atoms with van der Waals surface area (Å²) >= 11 is 6.06. The van der Waals surface area contributed by atoms with Crippen LogP contribution < -0.4 is 4.74 Å². The minimum atomic E-state index is -0.734. The van der Waals surface area contributed by atoms with Crippen molar-refractivity contribution >= 4 is 22.5 Å². The third kappa shape index (κ3) is 1.80. The Morgan fingerprint density at radius 2 is 1.90 bits per heavy atom. The summed E-state index contributed by atoms with van der Waals surface area (Å²) in [4.78, 5) is 3.98. The summed E-state index contributed by atoms with van der Waals surface area (Å²) in [5, 5.41) is 4.69. The number of pyridine rings is 1. The van der Waals surface area contributed by atoms with Crippen LogP contribution in [0.2, 0.25) is 5.02 Å². The van der Waals surface area contributed by atoms with Crippen LogP contribution in [0.3, 0.4) is 0 Å². The van der Waals surface area contributed by atoms with Gasteiger partial charge in [0.25, 0.3) is 0 Å². The lowest BCUT2D eigenvalue weighted by Crippen LogP contribution is -2.03. The van der Waals surface area contributed by atoms with E-state index in [4.69, 9.17) is 16.3 Å². The van der Waals surface area contributed by atoms with Gasteiger partial charge in [-0.15, -0.1) is 0 Å². The van der Waals surface area contributed by atoms with Crippen molar-refractivity contribution in [2.75, 3.05) is 7.11 Å². The van der Waals surface area contributed by atoms with Crippen molar-refractivity contribution in [3.63, 3.8) is 0 Å². The number of para-hydroxylation sites is 1. The molecule has 0 spiro atoms. The summed E-state index contributed by atoms with van der Waals surface area (Å²) in [5.74, 6) is -1.18. The first-order valence-corrected chi connectivity index (χ1v) is 6.02. The molecule has 0 fully saturated rings. The van der Waals surface area contributed by atoms with E-state index in [0.717, 1.165) is 16.8 Å². The van der Waals surface area contributed by atoms with E-state index in [1.54, 1.807) is 0 Å². The lowest BCUT2D eigenvalue weighted by Gasteiger charge is -2.08. The Morgan fingerprint density at radius 3 is 2.55 bits per heavy atom. The molecular formula is C13H8ClF2N3O. The average Bonchev–Trinajstić information content (AvgIpc) is 2.85. The molecule has 0 bridgehead atoms. The number of hydrogen-bond acceptors (Lipinski definition) is 3. The summed E-state index contributed by atoms with van der Waals surface area (Å²) in [6.45, 7) is 0. The quantitative estimate of drug-likeness (QED) is 0.728. The van der Waals surface area contributed by atoms with Crippen molar-refractivity contribution in [2.24, 2.45) is 0 Å². The molecule has 4 nitrogen and oxygen atoms in total. The number of benzene rings is 1. The topological polar surface area (TPSA) is 39.9 Å². The van der Waals surface area contributed by atoms with Crippen LogP contribution in [0, 0.1) is 11.6 Å². The maximum Gasteiger partial charge on any atom is 0.224 e. The van der Waals surface area contributed by atoms with E-state index >= 15 is 0 Å². The van der Waals surface area contributed by atoms with Gasteiger partial charge in [0.2, 0.25) is 5.88 Å². The monoisotopic (exact) mass is 295 g/mol. The van der Waals surface area contributed by atoms with Gasteiger partial charge in [-0.2, -0.15) is 5.10 Å². The fourth-order valence-corrected chi connectivity index (χ4v) is 2.23. The molecule has 0 amide bonds. The number of aromatic nitrogens is 3. The molecule has 0 aliphatic rings. The predicted molar refractivity (Wildman–Crippen MR) is 70.3 cm³/mol. The second-order valence-electron chi connectivity index (χ2n) is 4.00. The van der Waals surface area contributed by atoms with Crippen molar-refractivity contribution in [2.45, 2.75) is 0 Å². The Labute approximate surface area is 117 Å². The average molecular weight is 296 g/mol. The zero-order valence-electron chi connectivity index (χ0n) is 10.3. The third-order valence-corrected chi connectivity index (χ3v) is 3.14. The summed E-state index contributed by atoms with van der Waals surface area (Å²) in [5.41, 5.74) is 0.0418. The molecule has 0 N–H and O–H groups in total. The van der Waals surface area contributed by atoms with Crippen LogP contribution in [0.25, 0.3) is 16.6 Å². The Morgan fingerprint density at radius 1 is 1.20 bits per heavy atom. The number of hydrogen-bond donors (Lipinski definition) is 0. The van der Waals surface area contributed by atoms with Crippen LogP contribution in [0.15, 0.2) is 30.6 Å². The molecule has 1 aromatic carbocycles. The van der Waals surface area contributed by atoms with Gasteiger partial charge in [0.05, 0.1) is 35.4 Å². The summed E-state index contributed by atoms with van der Waals surface area (Å²) in [6, 6.07) is 3.58. The Balaban J connectivity index is 2.39. The van der Waals surface area contributed by atoms with E-state index in [2.05, 4.69) is 10.1 Å². The fourth-order valence-electron chi connectivity index (χ4n) is 2.00. The van der Waals surface area contributed by atoms with E-state index in [9.17, 15) is 8.78 Å². The molecule has 3 aromatic rings. The number of fused-ring (bicyclic) bond motifs is 1. The van der Waals surface area contributed by atoms with E-state index < -0.39 is 11.6 Å². The van der Waals surface area contributed by atoms with E-state index in [0.29, 0.717) is 10.9 Å². The van der Waals surface area contributed by atoms with Crippen molar-refractivity contribution in [3.8, 4) is 11.6 Å². The van der Waals surface area contributed by atoms with Gasteiger partial charge in [-0.1, -0.05) is 17.7 Å². The van der Waals surface area contributed by atoms with Gasteiger partial charge < -0.3 is 4.74 Å².